The van der Waals surface area contributed by atoms with E-state index in [1.54, 1.807) is 0 Å². The van der Waals surface area contributed by atoms with Gasteiger partial charge in [-0.3, -0.25) is 15.0 Å². The molecule has 1 aromatic carbocycles. The molecule has 2 fully saturated rings. The van der Waals surface area contributed by atoms with Crippen molar-refractivity contribution in [2.24, 2.45) is 0 Å². The first-order valence-corrected chi connectivity index (χ1v) is 12.0. The topological polar surface area (TPSA) is 145 Å². The highest BCUT2D eigenvalue weighted by Crippen LogP contribution is 2.30. The Morgan fingerprint density at radius 2 is 1.84 bits per heavy atom. The number of nitro benzene ring substituents is 1. The highest BCUT2D eigenvalue weighted by Gasteiger charge is 2.24. The molecule has 0 atom stereocenters. The van der Waals surface area contributed by atoms with Gasteiger partial charge < -0.3 is 15.3 Å². The number of carboxylic acid groups (broad SMARTS) is 1. The van der Waals surface area contributed by atoms with Crippen LogP contribution in [0.25, 0.3) is 0 Å². The second kappa shape index (κ2) is 10.2. The molecule has 172 valence electrons. The van der Waals surface area contributed by atoms with Crippen LogP contribution in [0.5, 0.6) is 0 Å². The van der Waals surface area contributed by atoms with Crippen LogP contribution in [-0.2, 0) is 10.0 Å². The fourth-order valence-electron chi connectivity index (χ4n) is 4.00. The van der Waals surface area contributed by atoms with Crippen LogP contribution in [0, 0.1) is 10.1 Å². The first-order valence-electron chi connectivity index (χ1n) is 10.5. The Hall–Kier alpha value is -2.44. The number of sulfonamides is 1. The minimum atomic E-state index is -3.90. The van der Waals surface area contributed by atoms with Gasteiger partial charge >= 0.3 is 6.09 Å². The van der Waals surface area contributed by atoms with Crippen molar-refractivity contribution >= 4 is 27.5 Å². The van der Waals surface area contributed by atoms with E-state index in [0.29, 0.717) is 38.4 Å². The molecule has 1 saturated carbocycles. The van der Waals surface area contributed by atoms with Crippen LogP contribution in [0.2, 0.25) is 0 Å². The standard InChI is InChI=1S/C19H29N5O6S/c25-19(26)23-12-10-22(11-13-23)9-8-20-31(29,30)16-6-7-17(18(14-16)24(27)28)21-15-4-2-1-3-5-15/h6-7,14-15,20-21H,1-5,8-13H2,(H,25,26). The second-order valence-electron chi connectivity index (χ2n) is 7.92. The van der Waals surface area contributed by atoms with Crippen LogP contribution in [0.1, 0.15) is 32.1 Å². The number of benzene rings is 1. The minimum Gasteiger partial charge on any atom is -0.465 e. The number of hydrogen-bond acceptors (Lipinski definition) is 7. The average Bonchev–Trinajstić information content (AvgIpc) is 2.74. The van der Waals surface area contributed by atoms with Crippen molar-refractivity contribution in [3.8, 4) is 0 Å². The van der Waals surface area contributed by atoms with Crippen molar-refractivity contribution < 1.29 is 23.2 Å². The summed E-state index contributed by atoms with van der Waals surface area (Å²) in [6.45, 7) is 2.37. The molecule has 0 bridgehead atoms. The van der Waals surface area contributed by atoms with E-state index in [9.17, 15) is 23.3 Å². The van der Waals surface area contributed by atoms with Gasteiger partial charge in [0.25, 0.3) is 5.69 Å². The second-order valence-corrected chi connectivity index (χ2v) is 9.69. The molecule has 1 aromatic rings. The smallest absolute Gasteiger partial charge is 0.407 e. The zero-order valence-electron chi connectivity index (χ0n) is 17.3. The summed E-state index contributed by atoms with van der Waals surface area (Å²) in [7, 11) is -3.90. The number of nitro groups is 1. The third kappa shape index (κ3) is 6.28. The summed E-state index contributed by atoms with van der Waals surface area (Å²) in [6, 6.07) is 4.10. The SMILES string of the molecule is O=C(O)N1CCN(CCNS(=O)(=O)c2ccc(NC3CCCCC3)c([N+](=O)[O-])c2)CC1. The predicted octanol–water partition coefficient (Wildman–Crippen LogP) is 1.91. The lowest BCUT2D eigenvalue weighted by molar-refractivity contribution is -0.384. The molecule has 0 aromatic heterocycles. The molecule has 0 unspecified atom stereocenters. The van der Waals surface area contributed by atoms with E-state index in [4.69, 9.17) is 5.11 Å². The van der Waals surface area contributed by atoms with E-state index in [1.807, 2.05) is 4.90 Å². The van der Waals surface area contributed by atoms with Crippen LogP contribution in [-0.4, -0.2) is 79.7 Å². The summed E-state index contributed by atoms with van der Waals surface area (Å²) in [5.74, 6) is 0. The van der Waals surface area contributed by atoms with Crippen LogP contribution < -0.4 is 10.0 Å². The van der Waals surface area contributed by atoms with Crippen LogP contribution in [0.3, 0.4) is 0 Å². The van der Waals surface area contributed by atoms with Crippen molar-refractivity contribution in [3.63, 3.8) is 0 Å². The van der Waals surface area contributed by atoms with E-state index in [-0.39, 0.29) is 23.2 Å². The van der Waals surface area contributed by atoms with Crippen molar-refractivity contribution in [1.29, 1.82) is 0 Å². The van der Waals surface area contributed by atoms with Gasteiger partial charge in [0.15, 0.2) is 0 Å². The molecule has 31 heavy (non-hydrogen) atoms. The van der Waals surface area contributed by atoms with E-state index in [1.165, 1.54) is 23.5 Å². The van der Waals surface area contributed by atoms with E-state index >= 15 is 0 Å². The molecule has 12 heteroatoms. The van der Waals surface area contributed by atoms with Gasteiger partial charge in [-0.25, -0.2) is 17.9 Å². The molecule has 1 saturated heterocycles. The van der Waals surface area contributed by atoms with Crippen molar-refractivity contribution in [1.82, 2.24) is 14.5 Å². The highest BCUT2D eigenvalue weighted by atomic mass is 32.2. The third-order valence-corrected chi connectivity index (χ3v) is 7.26. The number of amides is 1. The number of anilines is 1. The van der Waals surface area contributed by atoms with Crippen LogP contribution >= 0.6 is 0 Å². The normalized spacial score (nSPS) is 18.6. The van der Waals surface area contributed by atoms with Crippen molar-refractivity contribution in [3.05, 3.63) is 28.3 Å². The maximum atomic E-state index is 12.6. The number of nitrogens with zero attached hydrogens (tertiary/aromatic N) is 3. The van der Waals surface area contributed by atoms with Crippen molar-refractivity contribution in [2.45, 2.75) is 43.0 Å². The zero-order valence-corrected chi connectivity index (χ0v) is 18.1. The fourth-order valence-corrected chi connectivity index (χ4v) is 5.04. The van der Waals surface area contributed by atoms with Crippen LogP contribution in [0.4, 0.5) is 16.2 Å². The first-order chi connectivity index (χ1) is 14.8. The maximum absolute atomic E-state index is 12.6. The Labute approximate surface area is 181 Å². The molecule has 1 amide bonds. The molecular formula is C19H29N5O6S. The Bertz CT molecular complexity index is 895. The molecule has 1 heterocycles. The fraction of sp³-hybridized carbons (Fsp3) is 0.632. The molecule has 2 aliphatic rings. The van der Waals surface area contributed by atoms with Gasteiger partial charge in [-0.15, -0.1) is 0 Å². The molecule has 0 radical (unpaired) electrons. The average molecular weight is 456 g/mol. The Balaban J connectivity index is 1.59. The van der Waals surface area contributed by atoms with Gasteiger partial charge in [-0.05, 0) is 25.0 Å². The summed E-state index contributed by atoms with van der Waals surface area (Å²) in [4.78, 5) is 25.1. The Morgan fingerprint density at radius 3 is 2.45 bits per heavy atom. The number of rotatable bonds is 8. The number of hydrogen-bond donors (Lipinski definition) is 3. The Kier molecular flexibility index (Phi) is 7.68. The first kappa shape index (κ1) is 23.2. The van der Waals surface area contributed by atoms with Gasteiger partial charge in [-0.2, -0.15) is 0 Å². The summed E-state index contributed by atoms with van der Waals surface area (Å²) in [6.07, 6.45) is 4.25. The zero-order chi connectivity index (χ0) is 22.4. The Morgan fingerprint density at radius 1 is 1.16 bits per heavy atom. The summed E-state index contributed by atoms with van der Waals surface area (Å²) in [5, 5.41) is 23.7. The number of piperazine rings is 1. The molecule has 1 aliphatic carbocycles. The van der Waals surface area contributed by atoms with Crippen LogP contribution in [0.15, 0.2) is 23.1 Å². The monoisotopic (exact) mass is 455 g/mol. The molecular weight excluding hydrogens is 426 g/mol. The molecule has 11 nitrogen and oxygen atoms in total. The van der Waals surface area contributed by atoms with Gasteiger partial charge in [0.2, 0.25) is 10.0 Å². The number of nitrogens with one attached hydrogen (secondary N) is 2. The molecule has 3 rings (SSSR count). The van der Waals surface area contributed by atoms with Crippen molar-refractivity contribution in [2.75, 3.05) is 44.6 Å². The maximum Gasteiger partial charge on any atom is 0.407 e. The summed E-state index contributed by atoms with van der Waals surface area (Å²) >= 11 is 0. The lowest BCUT2D eigenvalue weighted by atomic mass is 9.95. The highest BCUT2D eigenvalue weighted by molar-refractivity contribution is 7.89. The quantitative estimate of drug-likeness (QED) is 0.398. The summed E-state index contributed by atoms with van der Waals surface area (Å²) < 4.78 is 27.7. The minimum absolute atomic E-state index is 0.130. The van der Waals surface area contributed by atoms with E-state index < -0.39 is 21.0 Å². The molecule has 1 aliphatic heterocycles. The van der Waals surface area contributed by atoms with Gasteiger partial charge in [0.1, 0.15) is 5.69 Å². The van der Waals surface area contributed by atoms with Gasteiger partial charge in [-0.1, -0.05) is 19.3 Å². The van der Waals surface area contributed by atoms with Gasteiger partial charge in [0.05, 0.1) is 9.82 Å². The molecule has 0 spiro atoms. The van der Waals surface area contributed by atoms with E-state index in [2.05, 4.69) is 10.0 Å². The molecule has 3 N–H and O–H groups in total. The predicted molar refractivity (Wildman–Crippen MR) is 115 cm³/mol. The largest absolute Gasteiger partial charge is 0.465 e. The lowest BCUT2D eigenvalue weighted by Gasteiger charge is -2.32. The number of carbonyl (C=O) groups is 1. The third-order valence-electron chi connectivity index (χ3n) is 5.80. The van der Waals surface area contributed by atoms with Gasteiger partial charge in [0, 0.05) is 51.4 Å². The van der Waals surface area contributed by atoms with E-state index in [0.717, 1.165) is 31.7 Å². The summed E-state index contributed by atoms with van der Waals surface area (Å²) in [5.41, 5.74) is 0.0883. The lowest BCUT2D eigenvalue weighted by Crippen LogP contribution is -2.49.